The molecule has 1 aromatic rings. The lowest BCUT2D eigenvalue weighted by Crippen LogP contribution is -2.27. The van der Waals surface area contributed by atoms with E-state index in [-0.39, 0.29) is 6.04 Å². The Bertz CT molecular complexity index is 328. The molecule has 1 unspecified atom stereocenters. The molecular formula is C14H24N2O. The molecule has 17 heavy (non-hydrogen) atoms. The van der Waals surface area contributed by atoms with E-state index < -0.39 is 0 Å². The molecule has 0 saturated carbocycles. The van der Waals surface area contributed by atoms with Crippen molar-refractivity contribution in [3.05, 3.63) is 35.4 Å². The molecular weight excluding hydrogens is 212 g/mol. The van der Waals surface area contributed by atoms with Gasteiger partial charge in [0.2, 0.25) is 0 Å². The molecule has 1 aromatic carbocycles. The zero-order valence-corrected chi connectivity index (χ0v) is 11.1. The first-order valence-electron chi connectivity index (χ1n) is 6.13. The van der Waals surface area contributed by atoms with Crippen LogP contribution >= 0.6 is 0 Å². The molecule has 3 nitrogen and oxygen atoms in total. The Hall–Kier alpha value is -0.900. The van der Waals surface area contributed by atoms with Gasteiger partial charge in [-0.3, -0.25) is 0 Å². The summed E-state index contributed by atoms with van der Waals surface area (Å²) in [6, 6.07) is 8.47. The molecule has 0 heterocycles. The van der Waals surface area contributed by atoms with Gasteiger partial charge in [-0.15, -0.1) is 0 Å². The predicted molar refractivity (Wildman–Crippen MR) is 72.1 cm³/mol. The molecule has 1 atom stereocenters. The molecule has 0 bridgehead atoms. The molecule has 0 aromatic heterocycles. The van der Waals surface area contributed by atoms with Crippen LogP contribution in [0.5, 0.6) is 0 Å². The van der Waals surface area contributed by atoms with Crippen LogP contribution in [0.25, 0.3) is 0 Å². The monoisotopic (exact) mass is 236 g/mol. The first kappa shape index (κ1) is 14.2. The van der Waals surface area contributed by atoms with Gasteiger partial charge in [-0.25, -0.2) is 0 Å². The molecule has 0 amide bonds. The Kier molecular flexibility index (Phi) is 6.19. The van der Waals surface area contributed by atoms with E-state index in [0.717, 1.165) is 26.1 Å². The Morgan fingerprint density at radius 2 is 2.00 bits per heavy atom. The first-order chi connectivity index (χ1) is 8.15. The molecule has 0 saturated heterocycles. The van der Waals surface area contributed by atoms with Crippen LogP contribution in [0.4, 0.5) is 0 Å². The summed E-state index contributed by atoms with van der Waals surface area (Å²) in [5, 5.41) is 0. The van der Waals surface area contributed by atoms with Crippen molar-refractivity contribution in [2.24, 2.45) is 5.73 Å². The molecule has 0 aliphatic carbocycles. The van der Waals surface area contributed by atoms with Crippen molar-refractivity contribution in [3.8, 4) is 0 Å². The van der Waals surface area contributed by atoms with Crippen LogP contribution in [0.3, 0.4) is 0 Å². The van der Waals surface area contributed by atoms with Crippen LogP contribution in [-0.2, 0) is 4.74 Å². The van der Waals surface area contributed by atoms with Crippen LogP contribution in [0.1, 0.15) is 23.6 Å². The fraction of sp³-hybridized carbons (Fsp3) is 0.571. The van der Waals surface area contributed by atoms with Crippen LogP contribution < -0.4 is 5.73 Å². The summed E-state index contributed by atoms with van der Waals surface area (Å²) in [5.74, 6) is 0. The third kappa shape index (κ3) is 4.86. The van der Waals surface area contributed by atoms with Gasteiger partial charge >= 0.3 is 0 Å². The molecule has 2 N–H and O–H groups in total. The number of nitrogens with zero attached hydrogens (tertiary/aromatic N) is 1. The second-order valence-electron chi connectivity index (χ2n) is 4.55. The number of hydrogen-bond donors (Lipinski definition) is 1. The minimum Gasteiger partial charge on any atom is -0.383 e. The highest BCUT2D eigenvalue weighted by molar-refractivity contribution is 5.28. The van der Waals surface area contributed by atoms with Gasteiger partial charge in [-0.2, -0.15) is 0 Å². The summed E-state index contributed by atoms with van der Waals surface area (Å²) >= 11 is 0. The summed E-state index contributed by atoms with van der Waals surface area (Å²) in [4.78, 5) is 2.25. The number of ether oxygens (including phenoxy) is 1. The van der Waals surface area contributed by atoms with Gasteiger partial charge in [-0.05, 0) is 38.1 Å². The zero-order chi connectivity index (χ0) is 12.7. The standard InChI is InChI=1S/C14H24N2O/c1-12-6-4-5-7-13(12)14(15)8-9-16(2)10-11-17-3/h4-7,14H,8-11,15H2,1-3H3. The second kappa shape index (κ2) is 7.43. The Labute approximate surface area is 105 Å². The SMILES string of the molecule is COCCN(C)CCC(N)c1ccccc1C. The third-order valence-electron chi connectivity index (χ3n) is 3.09. The normalized spacial score (nSPS) is 13.0. The maximum Gasteiger partial charge on any atom is 0.0589 e. The zero-order valence-electron chi connectivity index (χ0n) is 11.1. The highest BCUT2D eigenvalue weighted by Crippen LogP contribution is 2.17. The lowest BCUT2D eigenvalue weighted by Gasteiger charge is -2.20. The minimum atomic E-state index is 0.126. The van der Waals surface area contributed by atoms with Gasteiger partial charge in [0.1, 0.15) is 0 Å². The predicted octanol–water partition coefficient (Wildman–Crippen LogP) is 1.96. The number of likely N-dealkylation sites (N-methyl/N-ethyl adjacent to an activating group) is 1. The number of nitrogens with two attached hydrogens (primary N) is 1. The van der Waals surface area contributed by atoms with Gasteiger partial charge in [0.05, 0.1) is 6.61 Å². The lowest BCUT2D eigenvalue weighted by molar-refractivity contribution is 0.159. The van der Waals surface area contributed by atoms with E-state index in [2.05, 4.69) is 43.1 Å². The number of hydrogen-bond acceptors (Lipinski definition) is 3. The number of benzene rings is 1. The fourth-order valence-corrected chi connectivity index (χ4v) is 1.88. The van der Waals surface area contributed by atoms with Gasteiger partial charge in [0, 0.05) is 19.7 Å². The molecule has 0 spiro atoms. The maximum atomic E-state index is 6.21. The van der Waals surface area contributed by atoms with Crippen molar-refractivity contribution in [2.45, 2.75) is 19.4 Å². The third-order valence-corrected chi connectivity index (χ3v) is 3.09. The maximum absolute atomic E-state index is 6.21. The Morgan fingerprint density at radius 1 is 1.29 bits per heavy atom. The molecule has 0 aliphatic heterocycles. The van der Waals surface area contributed by atoms with Gasteiger partial charge in [0.25, 0.3) is 0 Å². The van der Waals surface area contributed by atoms with Crippen molar-refractivity contribution < 1.29 is 4.74 Å². The smallest absolute Gasteiger partial charge is 0.0589 e. The van der Waals surface area contributed by atoms with Crippen LogP contribution in [0.2, 0.25) is 0 Å². The Balaban J connectivity index is 2.39. The second-order valence-corrected chi connectivity index (χ2v) is 4.55. The summed E-state index contributed by atoms with van der Waals surface area (Å²) in [7, 11) is 3.83. The van der Waals surface area contributed by atoms with Gasteiger partial charge in [0.15, 0.2) is 0 Å². The van der Waals surface area contributed by atoms with Gasteiger partial charge in [-0.1, -0.05) is 24.3 Å². The van der Waals surface area contributed by atoms with E-state index >= 15 is 0 Å². The minimum absolute atomic E-state index is 0.126. The van der Waals surface area contributed by atoms with E-state index in [9.17, 15) is 0 Å². The Morgan fingerprint density at radius 3 is 2.65 bits per heavy atom. The number of methoxy groups -OCH3 is 1. The molecule has 96 valence electrons. The fourth-order valence-electron chi connectivity index (χ4n) is 1.88. The van der Waals surface area contributed by atoms with E-state index in [1.54, 1.807) is 7.11 Å². The highest BCUT2D eigenvalue weighted by Gasteiger charge is 2.09. The topological polar surface area (TPSA) is 38.5 Å². The van der Waals surface area contributed by atoms with E-state index in [4.69, 9.17) is 10.5 Å². The summed E-state index contributed by atoms with van der Waals surface area (Å²) in [5.41, 5.74) is 8.75. The number of aryl methyl sites for hydroxylation is 1. The molecule has 0 radical (unpaired) electrons. The summed E-state index contributed by atoms with van der Waals surface area (Å²) < 4.78 is 5.05. The summed E-state index contributed by atoms with van der Waals surface area (Å²) in [6.07, 6.45) is 0.977. The van der Waals surface area contributed by atoms with Crippen LogP contribution in [0, 0.1) is 6.92 Å². The van der Waals surface area contributed by atoms with E-state index in [1.165, 1.54) is 11.1 Å². The van der Waals surface area contributed by atoms with E-state index in [0.29, 0.717) is 0 Å². The lowest BCUT2D eigenvalue weighted by atomic mass is 9.99. The highest BCUT2D eigenvalue weighted by atomic mass is 16.5. The van der Waals surface area contributed by atoms with Crippen molar-refractivity contribution in [1.82, 2.24) is 4.90 Å². The average molecular weight is 236 g/mol. The van der Waals surface area contributed by atoms with Crippen molar-refractivity contribution >= 4 is 0 Å². The quantitative estimate of drug-likeness (QED) is 0.786. The molecule has 0 aliphatic rings. The average Bonchev–Trinajstić information content (AvgIpc) is 2.34. The largest absolute Gasteiger partial charge is 0.383 e. The first-order valence-corrected chi connectivity index (χ1v) is 6.13. The van der Waals surface area contributed by atoms with Crippen LogP contribution in [0.15, 0.2) is 24.3 Å². The van der Waals surface area contributed by atoms with Crippen molar-refractivity contribution in [1.29, 1.82) is 0 Å². The van der Waals surface area contributed by atoms with Crippen LogP contribution in [-0.4, -0.2) is 38.8 Å². The van der Waals surface area contributed by atoms with Crippen molar-refractivity contribution in [2.75, 3.05) is 33.9 Å². The molecule has 3 heteroatoms. The van der Waals surface area contributed by atoms with Crippen molar-refractivity contribution in [3.63, 3.8) is 0 Å². The molecule has 0 fully saturated rings. The van der Waals surface area contributed by atoms with E-state index in [1.807, 2.05) is 0 Å². The summed E-state index contributed by atoms with van der Waals surface area (Å²) in [6.45, 7) is 4.84. The van der Waals surface area contributed by atoms with Gasteiger partial charge < -0.3 is 15.4 Å². The number of rotatable bonds is 7. The molecule has 1 rings (SSSR count).